The number of pyridine rings is 1. The van der Waals surface area contributed by atoms with Crippen molar-refractivity contribution in [2.45, 2.75) is 0 Å². The number of halogens is 2. The van der Waals surface area contributed by atoms with Crippen LogP contribution in [-0.2, 0) is 0 Å². The SMILES string of the molecule is Clc1ccc(Oc2ccncc2)c(Br)c1. The van der Waals surface area contributed by atoms with E-state index in [1.165, 1.54) is 0 Å². The van der Waals surface area contributed by atoms with Gasteiger partial charge in [0.25, 0.3) is 0 Å². The van der Waals surface area contributed by atoms with Crippen LogP contribution < -0.4 is 4.74 Å². The van der Waals surface area contributed by atoms with Crippen molar-refractivity contribution >= 4 is 27.5 Å². The van der Waals surface area contributed by atoms with Gasteiger partial charge < -0.3 is 4.74 Å². The van der Waals surface area contributed by atoms with Gasteiger partial charge in [0, 0.05) is 17.4 Å². The van der Waals surface area contributed by atoms with E-state index in [0.29, 0.717) is 5.02 Å². The van der Waals surface area contributed by atoms with Gasteiger partial charge in [0.05, 0.1) is 4.47 Å². The lowest BCUT2D eigenvalue weighted by atomic mass is 10.3. The van der Waals surface area contributed by atoms with E-state index in [1.54, 1.807) is 36.7 Å². The molecule has 0 aliphatic rings. The molecule has 0 atom stereocenters. The summed E-state index contributed by atoms with van der Waals surface area (Å²) in [6, 6.07) is 8.97. The molecular formula is C11H7BrClNO. The molecule has 4 heteroatoms. The molecule has 0 saturated carbocycles. The summed E-state index contributed by atoms with van der Waals surface area (Å²) in [5.74, 6) is 1.47. The van der Waals surface area contributed by atoms with Crippen LogP contribution in [-0.4, -0.2) is 4.98 Å². The maximum atomic E-state index is 5.82. The average molecular weight is 285 g/mol. The van der Waals surface area contributed by atoms with E-state index in [9.17, 15) is 0 Å². The Morgan fingerprint density at radius 2 is 1.87 bits per heavy atom. The van der Waals surface area contributed by atoms with E-state index < -0.39 is 0 Å². The maximum Gasteiger partial charge on any atom is 0.141 e. The van der Waals surface area contributed by atoms with Gasteiger partial charge in [-0.15, -0.1) is 0 Å². The van der Waals surface area contributed by atoms with E-state index in [1.807, 2.05) is 6.07 Å². The summed E-state index contributed by atoms with van der Waals surface area (Å²) in [4.78, 5) is 3.91. The standard InChI is InChI=1S/C11H7BrClNO/c12-10-7-8(13)1-2-11(10)15-9-3-5-14-6-4-9/h1-7H. The fourth-order valence-electron chi connectivity index (χ4n) is 1.09. The minimum atomic E-state index is 0.670. The lowest BCUT2D eigenvalue weighted by Gasteiger charge is -2.07. The molecule has 2 aromatic rings. The van der Waals surface area contributed by atoms with Crippen LogP contribution in [0.5, 0.6) is 11.5 Å². The average Bonchev–Trinajstić information content (AvgIpc) is 2.24. The number of rotatable bonds is 2. The number of ether oxygens (including phenoxy) is 1. The highest BCUT2D eigenvalue weighted by Gasteiger charge is 2.02. The first kappa shape index (κ1) is 10.5. The lowest BCUT2D eigenvalue weighted by molar-refractivity contribution is 0.479. The zero-order valence-corrected chi connectivity index (χ0v) is 9.99. The summed E-state index contributed by atoms with van der Waals surface area (Å²) in [6.45, 7) is 0. The number of benzene rings is 1. The number of hydrogen-bond acceptors (Lipinski definition) is 2. The fraction of sp³-hybridized carbons (Fsp3) is 0. The van der Waals surface area contributed by atoms with Crippen molar-refractivity contribution in [2.24, 2.45) is 0 Å². The van der Waals surface area contributed by atoms with E-state index in [4.69, 9.17) is 16.3 Å². The first-order valence-corrected chi connectivity index (χ1v) is 5.46. The summed E-state index contributed by atoms with van der Waals surface area (Å²) >= 11 is 9.20. The topological polar surface area (TPSA) is 22.1 Å². The molecule has 0 bridgehead atoms. The third-order valence-corrected chi connectivity index (χ3v) is 2.63. The monoisotopic (exact) mass is 283 g/mol. The largest absolute Gasteiger partial charge is 0.456 e. The predicted molar refractivity (Wildman–Crippen MR) is 63.5 cm³/mol. The van der Waals surface area contributed by atoms with Gasteiger partial charge in [-0.25, -0.2) is 0 Å². The Hall–Kier alpha value is -1.06. The molecule has 0 saturated heterocycles. The Kier molecular flexibility index (Phi) is 3.23. The minimum absolute atomic E-state index is 0.670. The smallest absolute Gasteiger partial charge is 0.141 e. The van der Waals surface area contributed by atoms with Gasteiger partial charge in [0.1, 0.15) is 11.5 Å². The summed E-state index contributed by atoms with van der Waals surface area (Å²) in [5.41, 5.74) is 0. The van der Waals surface area contributed by atoms with E-state index >= 15 is 0 Å². The van der Waals surface area contributed by atoms with Crippen LogP contribution in [0.3, 0.4) is 0 Å². The molecule has 0 aliphatic carbocycles. The molecular weight excluding hydrogens is 277 g/mol. The molecule has 0 aliphatic heterocycles. The second-order valence-corrected chi connectivity index (χ2v) is 4.15. The molecule has 1 aromatic carbocycles. The Bertz CT molecular complexity index is 461. The van der Waals surface area contributed by atoms with Crippen molar-refractivity contribution in [3.63, 3.8) is 0 Å². The van der Waals surface area contributed by atoms with E-state index in [0.717, 1.165) is 16.0 Å². The Morgan fingerprint density at radius 3 is 2.53 bits per heavy atom. The van der Waals surface area contributed by atoms with Gasteiger partial charge in [0.15, 0.2) is 0 Å². The molecule has 0 radical (unpaired) electrons. The molecule has 0 unspecified atom stereocenters. The second kappa shape index (κ2) is 4.64. The van der Waals surface area contributed by atoms with Crippen LogP contribution in [0.2, 0.25) is 5.02 Å². The molecule has 76 valence electrons. The summed E-state index contributed by atoms with van der Waals surface area (Å²) in [6.07, 6.45) is 3.36. The maximum absolute atomic E-state index is 5.82. The van der Waals surface area contributed by atoms with Crippen LogP contribution in [0.15, 0.2) is 47.2 Å². The summed E-state index contributed by atoms with van der Waals surface area (Å²) in [7, 11) is 0. The quantitative estimate of drug-likeness (QED) is 0.821. The van der Waals surface area contributed by atoms with Crippen molar-refractivity contribution in [2.75, 3.05) is 0 Å². The fourth-order valence-corrected chi connectivity index (χ4v) is 1.85. The Balaban J connectivity index is 2.25. The third kappa shape index (κ3) is 2.70. The van der Waals surface area contributed by atoms with Gasteiger partial charge in [-0.3, -0.25) is 4.98 Å². The number of nitrogens with zero attached hydrogens (tertiary/aromatic N) is 1. The molecule has 1 aromatic heterocycles. The molecule has 15 heavy (non-hydrogen) atoms. The van der Waals surface area contributed by atoms with Crippen LogP contribution in [0.4, 0.5) is 0 Å². The van der Waals surface area contributed by atoms with Crippen molar-refractivity contribution in [1.82, 2.24) is 4.98 Å². The number of aromatic nitrogens is 1. The van der Waals surface area contributed by atoms with Gasteiger partial charge in [-0.2, -0.15) is 0 Å². The molecule has 0 fully saturated rings. The van der Waals surface area contributed by atoms with Gasteiger partial charge >= 0.3 is 0 Å². The highest BCUT2D eigenvalue weighted by Crippen LogP contribution is 2.31. The molecule has 0 amide bonds. The molecule has 2 rings (SSSR count). The molecule has 0 spiro atoms. The van der Waals surface area contributed by atoms with Crippen LogP contribution in [0.25, 0.3) is 0 Å². The molecule has 1 heterocycles. The van der Waals surface area contributed by atoms with Gasteiger partial charge in [0.2, 0.25) is 0 Å². The van der Waals surface area contributed by atoms with Gasteiger partial charge in [-0.05, 0) is 46.3 Å². The van der Waals surface area contributed by atoms with Crippen molar-refractivity contribution in [3.05, 3.63) is 52.2 Å². The van der Waals surface area contributed by atoms with Crippen molar-refractivity contribution in [1.29, 1.82) is 0 Å². The van der Waals surface area contributed by atoms with E-state index in [-0.39, 0.29) is 0 Å². The normalized spacial score (nSPS) is 10.0. The predicted octanol–water partition coefficient (Wildman–Crippen LogP) is 4.29. The summed E-state index contributed by atoms with van der Waals surface area (Å²) in [5, 5.41) is 0.670. The molecule has 0 N–H and O–H groups in total. The third-order valence-electron chi connectivity index (χ3n) is 1.77. The minimum Gasteiger partial charge on any atom is -0.456 e. The van der Waals surface area contributed by atoms with Crippen molar-refractivity contribution < 1.29 is 4.74 Å². The van der Waals surface area contributed by atoms with Crippen molar-refractivity contribution in [3.8, 4) is 11.5 Å². The van der Waals surface area contributed by atoms with Gasteiger partial charge in [-0.1, -0.05) is 11.6 Å². The first-order chi connectivity index (χ1) is 7.25. The molecule has 2 nitrogen and oxygen atoms in total. The van der Waals surface area contributed by atoms with Crippen LogP contribution in [0.1, 0.15) is 0 Å². The van der Waals surface area contributed by atoms with Crippen LogP contribution >= 0.6 is 27.5 Å². The Morgan fingerprint density at radius 1 is 1.13 bits per heavy atom. The second-order valence-electron chi connectivity index (χ2n) is 2.86. The van der Waals surface area contributed by atoms with Crippen LogP contribution in [0, 0.1) is 0 Å². The highest BCUT2D eigenvalue weighted by molar-refractivity contribution is 9.10. The highest BCUT2D eigenvalue weighted by atomic mass is 79.9. The first-order valence-electron chi connectivity index (χ1n) is 4.28. The summed E-state index contributed by atoms with van der Waals surface area (Å²) < 4.78 is 6.44. The number of hydrogen-bond donors (Lipinski definition) is 0. The zero-order chi connectivity index (χ0) is 10.7. The zero-order valence-electron chi connectivity index (χ0n) is 7.65. The Labute approximate surface area is 101 Å². The van der Waals surface area contributed by atoms with E-state index in [2.05, 4.69) is 20.9 Å². The lowest BCUT2D eigenvalue weighted by Crippen LogP contribution is -1.85.